The van der Waals surface area contributed by atoms with Gasteiger partial charge in [0.15, 0.2) is 0 Å². The van der Waals surface area contributed by atoms with E-state index in [0.717, 1.165) is 0 Å². The second-order valence-corrected chi connectivity index (χ2v) is 4.39. The SMILES string of the molecule is CC(=O)N1CCN(C(=O)c2ccccc2N)CC1.Cl. The van der Waals surface area contributed by atoms with Gasteiger partial charge in [-0.05, 0) is 12.1 Å². The van der Waals surface area contributed by atoms with E-state index in [1.165, 1.54) is 0 Å². The van der Waals surface area contributed by atoms with Crippen LogP contribution >= 0.6 is 12.4 Å². The molecule has 0 bridgehead atoms. The van der Waals surface area contributed by atoms with Crippen LogP contribution in [0.25, 0.3) is 0 Å². The van der Waals surface area contributed by atoms with Crippen LogP contribution in [-0.2, 0) is 4.79 Å². The van der Waals surface area contributed by atoms with E-state index in [9.17, 15) is 9.59 Å². The molecule has 1 aromatic rings. The number of hydrogen-bond acceptors (Lipinski definition) is 3. The van der Waals surface area contributed by atoms with Crippen LogP contribution < -0.4 is 5.73 Å². The molecule has 1 fully saturated rings. The first-order chi connectivity index (χ1) is 8.59. The molecule has 19 heavy (non-hydrogen) atoms. The summed E-state index contributed by atoms with van der Waals surface area (Å²) in [5, 5.41) is 0. The van der Waals surface area contributed by atoms with E-state index < -0.39 is 0 Å². The first kappa shape index (κ1) is 15.3. The molecule has 5 nitrogen and oxygen atoms in total. The van der Waals surface area contributed by atoms with Crippen LogP contribution in [-0.4, -0.2) is 47.8 Å². The minimum Gasteiger partial charge on any atom is -0.398 e. The summed E-state index contributed by atoms with van der Waals surface area (Å²) in [5.74, 6) is -0.00220. The van der Waals surface area contributed by atoms with E-state index >= 15 is 0 Å². The van der Waals surface area contributed by atoms with Crippen LogP contribution in [0.2, 0.25) is 0 Å². The van der Waals surface area contributed by atoms with Gasteiger partial charge in [-0.2, -0.15) is 0 Å². The van der Waals surface area contributed by atoms with Crippen LogP contribution in [0.15, 0.2) is 24.3 Å². The number of piperazine rings is 1. The van der Waals surface area contributed by atoms with Crippen molar-refractivity contribution in [3.8, 4) is 0 Å². The topological polar surface area (TPSA) is 66.6 Å². The van der Waals surface area contributed by atoms with Crippen molar-refractivity contribution in [3.63, 3.8) is 0 Å². The van der Waals surface area contributed by atoms with Crippen molar-refractivity contribution in [1.29, 1.82) is 0 Å². The van der Waals surface area contributed by atoms with Crippen molar-refractivity contribution < 1.29 is 9.59 Å². The van der Waals surface area contributed by atoms with E-state index in [1.54, 1.807) is 41.0 Å². The standard InChI is InChI=1S/C13H17N3O2.ClH/c1-10(17)15-6-8-16(9-7-15)13(18)11-4-2-3-5-12(11)14;/h2-5H,6-9,14H2,1H3;1H. The summed E-state index contributed by atoms with van der Waals surface area (Å²) in [5.41, 5.74) is 6.82. The normalized spacial score (nSPS) is 14.8. The zero-order chi connectivity index (χ0) is 13.1. The van der Waals surface area contributed by atoms with Crippen molar-refractivity contribution in [1.82, 2.24) is 9.80 Å². The average molecular weight is 284 g/mol. The molecule has 2 rings (SSSR count). The van der Waals surface area contributed by atoms with Gasteiger partial charge in [-0.25, -0.2) is 0 Å². The van der Waals surface area contributed by atoms with Gasteiger partial charge in [-0.1, -0.05) is 12.1 Å². The number of nitrogens with two attached hydrogens (primary N) is 1. The maximum atomic E-state index is 12.2. The number of amides is 2. The third-order valence-electron chi connectivity index (χ3n) is 3.20. The van der Waals surface area contributed by atoms with E-state index in [0.29, 0.717) is 37.4 Å². The molecule has 0 spiro atoms. The summed E-state index contributed by atoms with van der Waals surface area (Å²) in [7, 11) is 0. The van der Waals surface area contributed by atoms with E-state index in [1.807, 2.05) is 0 Å². The number of hydrogen-bond donors (Lipinski definition) is 1. The Bertz CT molecular complexity index is 471. The van der Waals surface area contributed by atoms with E-state index in [2.05, 4.69) is 0 Å². The Kier molecular flexibility index (Phi) is 5.18. The van der Waals surface area contributed by atoms with Crippen LogP contribution in [0.4, 0.5) is 5.69 Å². The minimum absolute atomic E-state index is 0. The number of benzene rings is 1. The van der Waals surface area contributed by atoms with Crippen molar-refractivity contribution in [3.05, 3.63) is 29.8 Å². The number of rotatable bonds is 1. The van der Waals surface area contributed by atoms with Gasteiger partial charge >= 0.3 is 0 Å². The first-order valence-electron chi connectivity index (χ1n) is 5.99. The van der Waals surface area contributed by atoms with Crippen LogP contribution in [0, 0.1) is 0 Å². The number of nitrogens with zero attached hydrogens (tertiary/aromatic N) is 2. The smallest absolute Gasteiger partial charge is 0.256 e. The largest absolute Gasteiger partial charge is 0.398 e. The van der Waals surface area contributed by atoms with Crippen LogP contribution in [0.5, 0.6) is 0 Å². The molecule has 104 valence electrons. The lowest BCUT2D eigenvalue weighted by atomic mass is 10.1. The molecule has 0 aromatic heterocycles. The predicted molar refractivity (Wildman–Crippen MR) is 76.3 cm³/mol. The average Bonchev–Trinajstić information content (AvgIpc) is 2.38. The zero-order valence-corrected chi connectivity index (χ0v) is 11.7. The molecular weight excluding hydrogens is 266 g/mol. The molecule has 1 aliphatic heterocycles. The fourth-order valence-electron chi connectivity index (χ4n) is 2.09. The van der Waals surface area contributed by atoms with Gasteiger partial charge in [-0.15, -0.1) is 12.4 Å². The minimum atomic E-state index is -0.0590. The van der Waals surface area contributed by atoms with Gasteiger partial charge in [0.2, 0.25) is 5.91 Å². The molecule has 0 unspecified atom stereocenters. The van der Waals surface area contributed by atoms with E-state index in [-0.39, 0.29) is 24.2 Å². The summed E-state index contributed by atoms with van der Waals surface area (Å²) in [6, 6.07) is 7.06. The molecule has 6 heteroatoms. The van der Waals surface area contributed by atoms with E-state index in [4.69, 9.17) is 5.73 Å². The van der Waals surface area contributed by atoms with Crippen LogP contribution in [0.1, 0.15) is 17.3 Å². The lowest BCUT2D eigenvalue weighted by molar-refractivity contribution is -0.130. The summed E-state index contributed by atoms with van der Waals surface area (Å²) < 4.78 is 0. The molecule has 1 heterocycles. The molecule has 0 aliphatic carbocycles. The molecule has 0 radical (unpaired) electrons. The van der Waals surface area contributed by atoms with Crippen molar-refractivity contribution >= 4 is 29.9 Å². The van der Waals surface area contributed by atoms with Gasteiger partial charge in [-0.3, -0.25) is 9.59 Å². The lowest BCUT2D eigenvalue weighted by Gasteiger charge is -2.34. The number of anilines is 1. The summed E-state index contributed by atoms with van der Waals surface area (Å²) in [4.78, 5) is 26.9. The molecule has 2 N–H and O–H groups in total. The highest BCUT2D eigenvalue weighted by Gasteiger charge is 2.23. The third-order valence-corrected chi connectivity index (χ3v) is 3.20. The van der Waals surface area contributed by atoms with Crippen molar-refractivity contribution in [2.45, 2.75) is 6.92 Å². The molecule has 0 atom stereocenters. The molecule has 1 saturated heterocycles. The van der Waals surface area contributed by atoms with Crippen LogP contribution in [0.3, 0.4) is 0 Å². The summed E-state index contributed by atoms with van der Waals surface area (Å²) in [6.07, 6.45) is 0. The highest BCUT2D eigenvalue weighted by molar-refractivity contribution is 5.99. The summed E-state index contributed by atoms with van der Waals surface area (Å²) >= 11 is 0. The fraction of sp³-hybridized carbons (Fsp3) is 0.385. The Balaban J connectivity index is 0.00000180. The van der Waals surface area contributed by atoms with Gasteiger partial charge in [0.25, 0.3) is 5.91 Å². The van der Waals surface area contributed by atoms with Gasteiger partial charge < -0.3 is 15.5 Å². The number of carbonyl (C=O) groups excluding carboxylic acids is 2. The third kappa shape index (κ3) is 3.38. The van der Waals surface area contributed by atoms with Gasteiger partial charge in [0.05, 0.1) is 5.56 Å². The van der Waals surface area contributed by atoms with Crippen molar-refractivity contribution in [2.24, 2.45) is 0 Å². The Labute approximate surface area is 118 Å². The molecule has 1 aliphatic rings. The van der Waals surface area contributed by atoms with Gasteiger partial charge in [0.1, 0.15) is 0 Å². The molecule has 1 aromatic carbocycles. The highest BCUT2D eigenvalue weighted by Crippen LogP contribution is 2.15. The summed E-state index contributed by atoms with van der Waals surface area (Å²) in [6.45, 7) is 3.85. The molecule has 0 saturated carbocycles. The second-order valence-electron chi connectivity index (χ2n) is 4.39. The lowest BCUT2D eigenvalue weighted by Crippen LogP contribution is -2.50. The molecular formula is C13H18ClN3O2. The Morgan fingerprint density at radius 3 is 2.11 bits per heavy atom. The Morgan fingerprint density at radius 2 is 1.58 bits per heavy atom. The second kappa shape index (κ2) is 6.43. The molecule has 2 amide bonds. The number of carbonyl (C=O) groups is 2. The monoisotopic (exact) mass is 283 g/mol. The number of para-hydroxylation sites is 1. The highest BCUT2D eigenvalue weighted by atomic mass is 35.5. The Hall–Kier alpha value is -1.75. The number of halogens is 1. The van der Waals surface area contributed by atoms with Crippen molar-refractivity contribution in [2.75, 3.05) is 31.9 Å². The zero-order valence-electron chi connectivity index (χ0n) is 10.8. The maximum Gasteiger partial charge on any atom is 0.256 e. The Morgan fingerprint density at radius 1 is 1.05 bits per heavy atom. The number of nitrogen functional groups attached to an aromatic ring is 1. The predicted octanol–water partition coefficient (Wildman–Crippen LogP) is 0.995. The fourth-order valence-corrected chi connectivity index (χ4v) is 2.09. The maximum absolute atomic E-state index is 12.2. The van der Waals surface area contributed by atoms with Gasteiger partial charge in [0, 0.05) is 38.8 Å². The first-order valence-corrected chi connectivity index (χ1v) is 5.99. The quantitative estimate of drug-likeness (QED) is 0.782.